The van der Waals surface area contributed by atoms with Crippen molar-refractivity contribution in [1.29, 1.82) is 0 Å². The highest BCUT2D eigenvalue weighted by Gasteiger charge is 2.54. The molecular formula is C15H19N2O7+. The van der Waals surface area contributed by atoms with Crippen LogP contribution in [0.15, 0.2) is 24.5 Å². The van der Waals surface area contributed by atoms with Crippen LogP contribution in [0.3, 0.4) is 0 Å². The third-order valence-corrected chi connectivity index (χ3v) is 3.47. The number of carbonyl (C=O) groups is 3. The Labute approximate surface area is 137 Å². The molecule has 2 rings (SSSR count). The molecule has 0 saturated carbocycles. The molecule has 1 aromatic rings. The molecule has 0 aliphatic carbocycles. The Bertz CT molecular complexity index is 648. The summed E-state index contributed by atoms with van der Waals surface area (Å²) < 4.78 is 17.5. The lowest BCUT2D eigenvalue weighted by Gasteiger charge is -2.20. The lowest BCUT2D eigenvalue weighted by atomic mass is 10.1. The topological polar surface area (TPSA) is 129 Å². The van der Waals surface area contributed by atoms with Gasteiger partial charge in [-0.05, 0) is 6.07 Å². The molecule has 24 heavy (non-hydrogen) atoms. The van der Waals surface area contributed by atoms with Crippen LogP contribution in [0.4, 0.5) is 0 Å². The predicted octanol–water partition coefficient (Wildman–Crippen LogP) is -1.17. The van der Waals surface area contributed by atoms with Crippen LogP contribution in [0.2, 0.25) is 0 Å². The number of rotatable bonds is 5. The van der Waals surface area contributed by atoms with Crippen molar-refractivity contribution < 1.29 is 38.3 Å². The first-order valence-electron chi connectivity index (χ1n) is 7.25. The number of ether oxygens (including phenoxy) is 3. The molecule has 4 atom stereocenters. The Kier molecular flexibility index (Phi) is 5.47. The number of aromatic nitrogens is 1. The van der Waals surface area contributed by atoms with Crippen LogP contribution in [0, 0.1) is 0 Å². The van der Waals surface area contributed by atoms with Crippen LogP contribution in [0.5, 0.6) is 0 Å². The highest BCUT2D eigenvalue weighted by molar-refractivity contribution is 5.92. The van der Waals surface area contributed by atoms with Crippen molar-refractivity contribution in [3.63, 3.8) is 0 Å². The Morgan fingerprint density at radius 1 is 1.25 bits per heavy atom. The lowest BCUT2D eigenvalue weighted by Crippen LogP contribution is -2.48. The highest BCUT2D eigenvalue weighted by Crippen LogP contribution is 2.30. The number of esters is 2. The normalized spacial score (nSPS) is 26.0. The summed E-state index contributed by atoms with van der Waals surface area (Å²) in [7, 11) is 0. The summed E-state index contributed by atoms with van der Waals surface area (Å²) in [6.07, 6.45) is -0.739. The largest absolute Gasteiger partial charge is 0.455 e. The van der Waals surface area contributed by atoms with Gasteiger partial charge in [0.25, 0.3) is 5.91 Å². The molecule has 1 saturated heterocycles. The quantitative estimate of drug-likeness (QED) is 0.510. The van der Waals surface area contributed by atoms with Gasteiger partial charge in [-0.15, -0.1) is 0 Å². The minimum absolute atomic E-state index is 0.221. The van der Waals surface area contributed by atoms with Gasteiger partial charge < -0.3 is 25.1 Å². The average Bonchev–Trinajstić information content (AvgIpc) is 2.84. The minimum atomic E-state index is -0.989. The van der Waals surface area contributed by atoms with E-state index < -0.39 is 49.0 Å². The molecule has 0 aromatic carbocycles. The Morgan fingerprint density at radius 2 is 1.88 bits per heavy atom. The monoisotopic (exact) mass is 339 g/mol. The van der Waals surface area contributed by atoms with Gasteiger partial charge in [-0.3, -0.25) is 14.4 Å². The maximum Gasteiger partial charge on any atom is 0.304 e. The maximum absolute atomic E-state index is 11.4. The number of nitrogens with two attached hydrogens (primary N) is 1. The molecule has 1 aromatic heterocycles. The van der Waals surface area contributed by atoms with Crippen LogP contribution in [0.25, 0.3) is 0 Å². The second kappa shape index (κ2) is 7.37. The van der Waals surface area contributed by atoms with E-state index in [-0.39, 0.29) is 5.56 Å². The second-order valence-electron chi connectivity index (χ2n) is 5.30. The third-order valence-electron chi connectivity index (χ3n) is 3.47. The van der Waals surface area contributed by atoms with E-state index in [0.717, 1.165) is 0 Å². The van der Waals surface area contributed by atoms with Crippen molar-refractivity contribution in [2.45, 2.75) is 38.4 Å². The Balaban J connectivity index is 2.38. The zero-order valence-electron chi connectivity index (χ0n) is 13.2. The molecule has 1 fully saturated rings. The molecular weight excluding hydrogens is 320 g/mol. The fourth-order valence-electron chi connectivity index (χ4n) is 2.54. The summed E-state index contributed by atoms with van der Waals surface area (Å²) >= 11 is 0. The molecule has 3 N–H and O–H groups in total. The number of hydrogen-bond acceptors (Lipinski definition) is 7. The molecule has 0 radical (unpaired) electrons. The van der Waals surface area contributed by atoms with Crippen LogP contribution in [-0.4, -0.2) is 47.9 Å². The molecule has 1 aliphatic heterocycles. The molecule has 1 amide bonds. The Morgan fingerprint density at radius 3 is 2.42 bits per heavy atom. The summed E-state index contributed by atoms with van der Waals surface area (Å²) in [5.74, 6) is -1.84. The van der Waals surface area contributed by atoms with E-state index in [9.17, 15) is 19.5 Å². The van der Waals surface area contributed by atoms with Gasteiger partial charge >= 0.3 is 18.2 Å². The van der Waals surface area contributed by atoms with E-state index >= 15 is 0 Å². The molecule has 1 aliphatic rings. The fourth-order valence-corrected chi connectivity index (χ4v) is 2.54. The first-order valence-corrected chi connectivity index (χ1v) is 7.25. The van der Waals surface area contributed by atoms with Crippen LogP contribution in [-0.2, 0) is 23.8 Å². The van der Waals surface area contributed by atoms with E-state index in [0.29, 0.717) is 0 Å². The fraction of sp³-hybridized carbons (Fsp3) is 0.467. The molecule has 130 valence electrons. The summed E-state index contributed by atoms with van der Waals surface area (Å²) in [5.41, 5.74) is 5.48. The summed E-state index contributed by atoms with van der Waals surface area (Å²) in [4.78, 5) is 34.1. The van der Waals surface area contributed by atoms with Gasteiger partial charge in [0.15, 0.2) is 18.5 Å². The molecule has 2 unspecified atom stereocenters. The smallest absolute Gasteiger partial charge is 0.304 e. The van der Waals surface area contributed by atoms with Gasteiger partial charge in [0.05, 0.1) is 6.61 Å². The van der Waals surface area contributed by atoms with E-state index in [2.05, 4.69) is 0 Å². The maximum atomic E-state index is 11.4. The first kappa shape index (κ1) is 17.8. The van der Waals surface area contributed by atoms with E-state index in [1.807, 2.05) is 0 Å². The van der Waals surface area contributed by atoms with Crippen molar-refractivity contribution in [3.8, 4) is 0 Å². The van der Waals surface area contributed by atoms with Gasteiger partial charge in [0.2, 0.25) is 6.10 Å². The van der Waals surface area contributed by atoms with Crippen molar-refractivity contribution in [2.24, 2.45) is 5.73 Å². The predicted molar refractivity (Wildman–Crippen MR) is 77.3 cm³/mol. The van der Waals surface area contributed by atoms with E-state index in [1.54, 1.807) is 12.3 Å². The number of amides is 1. The molecule has 9 heteroatoms. The van der Waals surface area contributed by atoms with Crippen molar-refractivity contribution in [1.82, 2.24) is 0 Å². The average molecular weight is 339 g/mol. The van der Waals surface area contributed by atoms with Crippen molar-refractivity contribution >= 4 is 17.8 Å². The van der Waals surface area contributed by atoms with Gasteiger partial charge in [0, 0.05) is 19.9 Å². The van der Waals surface area contributed by atoms with E-state index in [1.165, 1.54) is 30.7 Å². The standard InChI is InChI=1S/C15H18N2O7/c1-8(19)22-12-11(7-18)24-15(13(12)23-9(2)20)17-5-3-4-10(6-17)14(16)21/h3-6,11-13,15,18H,7H2,1-2H3,(H-,16,21)/p+1/t11-,12?,13?,15-/m1/s1. The number of hydrogen-bond donors (Lipinski definition) is 2. The van der Waals surface area contributed by atoms with Crippen molar-refractivity contribution in [2.75, 3.05) is 6.61 Å². The number of pyridine rings is 1. The molecule has 9 nitrogen and oxygen atoms in total. The molecule has 0 bridgehead atoms. The number of nitrogens with zero attached hydrogens (tertiary/aromatic N) is 1. The minimum Gasteiger partial charge on any atom is -0.455 e. The number of carbonyl (C=O) groups excluding carboxylic acids is 3. The molecule has 0 spiro atoms. The zero-order valence-corrected chi connectivity index (χ0v) is 13.2. The number of aliphatic hydroxyl groups excluding tert-OH is 1. The van der Waals surface area contributed by atoms with Gasteiger partial charge in [-0.25, -0.2) is 0 Å². The summed E-state index contributed by atoms with van der Waals surface area (Å²) in [5, 5.41) is 9.47. The van der Waals surface area contributed by atoms with Crippen LogP contribution >= 0.6 is 0 Å². The number of primary amides is 1. The second-order valence-corrected chi connectivity index (χ2v) is 5.30. The van der Waals surface area contributed by atoms with E-state index in [4.69, 9.17) is 19.9 Å². The van der Waals surface area contributed by atoms with Gasteiger partial charge in [0.1, 0.15) is 11.7 Å². The highest BCUT2D eigenvalue weighted by atomic mass is 16.6. The van der Waals surface area contributed by atoms with Gasteiger partial charge in [-0.2, -0.15) is 4.57 Å². The van der Waals surface area contributed by atoms with Crippen molar-refractivity contribution in [3.05, 3.63) is 30.1 Å². The number of aliphatic hydroxyl groups is 1. The van der Waals surface area contributed by atoms with Crippen LogP contribution < -0.4 is 10.3 Å². The molecule has 2 heterocycles. The first-order chi connectivity index (χ1) is 11.3. The zero-order chi connectivity index (χ0) is 17.9. The van der Waals surface area contributed by atoms with Crippen LogP contribution in [0.1, 0.15) is 30.4 Å². The lowest BCUT2D eigenvalue weighted by molar-refractivity contribution is -0.765. The van der Waals surface area contributed by atoms with Gasteiger partial charge in [-0.1, -0.05) is 0 Å². The SMILES string of the molecule is CC(=O)OC1C(OC(C)=O)[C@@H](CO)O[C@H]1[n+]1cccc(C(N)=O)c1. The Hall–Kier alpha value is -2.52. The summed E-state index contributed by atoms with van der Waals surface area (Å²) in [6.45, 7) is 1.97. The third kappa shape index (κ3) is 3.87. The summed E-state index contributed by atoms with van der Waals surface area (Å²) in [6, 6.07) is 3.09.